The molecule has 1 amide bonds. The Bertz CT molecular complexity index is 1430. The molecular formula is C27H34N6O3. The van der Waals surface area contributed by atoms with Gasteiger partial charge in [-0.15, -0.1) is 0 Å². The Morgan fingerprint density at radius 1 is 1.19 bits per heavy atom. The SMILES string of the molecule is CC1=CC(Nc2cccc3nn4c(C5CCN(C(=O)OC(C)(C)C)CC5)cc(=O)[nH]c4c23)NC(C)=C1. The van der Waals surface area contributed by atoms with Crippen LogP contribution in [0, 0.1) is 0 Å². The van der Waals surface area contributed by atoms with E-state index in [9.17, 15) is 9.59 Å². The van der Waals surface area contributed by atoms with E-state index in [0.717, 1.165) is 40.8 Å². The van der Waals surface area contributed by atoms with Crippen LogP contribution in [0.3, 0.4) is 0 Å². The van der Waals surface area contributed by atoms with E-state index in [0.29, 0.717) is 18.7 Å². The molecule has 0 aliphatic carbocycles. The van der Waals surface area contributed by atoms with Gasteiger partial charge in [0.1, 0.15) is 17.4 Å². The summed E-state index contributed by atoms with van der Waals surface area (Å²) in [5.74, 6) is 0.109. The van der Waals surface area contributed by atoms with Crippen LogP contribution < -0.4 is 16.2 Å². The minimum Gasteiger partial charge on any atom is -0.444 e. The molecule has 0 radical (unpaired) electrons. The second-order valence-electron chi connectivity index (χ2n) is 10.8. The monoisotopic (exact) mass is 490 g/mol. The molecule has 0 spiro atoms. The number of amides is 1. The van der Waals surface area contributed by atoms with Crippen molar-refractivity contribution in [2.75, 3.05) is 18.4 Å². The second kappa shape index (κ2) is 9.04. The summed E-state index contributed by atoms with van der Waals surface area (Å²) in [6, 6.07) is 7.58. The van der Waals surface area contributed by atoms with Crippen molar-refractivity contribution in [3.05, 3.63) is 63.7 Å². The van der Waals surface area contributed by atoms with Gasteiger partial charge in [0.25, 0.3) is 5.56 Å². The molecule has 4 heterocycles. The molecule has 9 heteroatoms. The standard InChI is InChI=1S/C27H34N6O3/c1-16-13-17(2)28-22(14-16)29-19-7-6-8-20-24(19)25-30-23(34)15-21(33(25)31-20)18-9-11-32(12-10-18)26(35)36-27(3,4)5/h6-8,13-15,18,22,28-29H,9-12H2,1-5H3,(H,30,34). The zero-order valence-electron chi connectivity index (χ0n) is 21.5. The first kappa shape index (κ1) is 24.0. The van der Waals surface area contributed by atoms with E-state index < -0.39 is 5.60 Å². The topological polar surface area (TPSA) is 104 Å². The molecule has 1 aromatic carbocycles. The summed E-state index contributed by atoms with van der Waals surface area (Å²) in [5.41, 5.74) is 4.83. The zero-order valence-corrected chi connectivity index (χ0v) is 21.5. The molecule has 2 aliphatic heterocycles. The van der Waals surface area contributed by atoms with Gasteiger partial charge in [-0.05, 0) is 77.3 Å². The van der Waals surface area contributed by atoms with Crippen LogP contribution in [-0.2, 0) is 4.74 Å². The predicted molar refractivity (Wildman–Crippen MR) is 141 cm³/mol. The van der Waals surface area contributed by atoms with Crippen molar-refractivity contribution in [1.82, 2.24) is 24.8 Å². The highest BCUT2D eigenvalue weighted by molar-refractivity contribution is 6.02. The van der Waals surface area contributed by atoms with Crippen LogP contribution in [0.25, 0.3) is 16.6 Å². The molecule has 3 aromatic rings. The van der Waals surface area contributed by atoms with Gasteiger partial charge in [0.2, 0.25) is 0 Å². The molecule has 1 saturated heterocycles. The lowest BCUT2D eigenvalue weighted by molar-refractivity contribution is 0.0203. The minimum atomic E-state index is -0.523. The van der Waals surface area contributed by atoms with E-state index in [1.807, 2.05) is 50.4 Å². The number of likely N-dealkylation sites (tertiary alicyclic amines) is 1. The largest absolute Gasteiger partial charge is 0.444 e. The molecule has 0 bridgehead atoms. The van der Waals surface area contributed by atoms with Crippen LogP contribution >= 0.6 is 0 Å². The fourth-order valence-electron chi connectivity index (χ4n) is 5.11. The molecule has 1 fully saturated rings. The predicted octanol–water partition coefficient (Wildman–Crippen LogP) is 4.48. The van der Waals surface area contributed by atoms with E-state index in [1.54, 1.807) is 11.0 Å². The second-order valence-corrected chi connectivity index (χ2v) is 10.8. The number of allylic oxidation sites excluding steroid dienone is 3. The van der Waals surface area contributed by atoms with Crippen molar-refractivity contribution < 1.29 is 9.53 Å². The van der Waals surface area contributed by atoms with Gasteiger partial charge in [0, 0.05) is 36.5 Å². The van der Waals surface area contributed by atoms with Crippen molar-refractivity contribution in [2.45, 2.75) is 65.1 Å². The maximum Gasteiger partial charge on any atom is 0.410 e. The summed E-state index contributed by atoms with van der Waals surface area (Å²) < 4.78 is 7.40. The van der Waals surface area contributed by atoms with Crippen LogP contribution in [0.2, 0.25) is 0 Å². The summed E-state index contributed by atoms with van der Waals surface area (Å²) in [4.78, 5) is 30.0. The van der Waals surface area contributed by atoms with E-state index in [2.05, 4.69) is 34.7 Å². The summed E-state index contributed by atoms with van der Waals surface area (Å²) >= 11 is 0. The molecule has 3 N–H and O–H groups in total. The van der Waals surface area contributed by atoms with Crippen molar-refractivity contribution in [3.8, 4) is 0 Å². The van der Waals surface area contributed by atoms with Crippen LogP contribution in [0.4, 0.5) is 10.5 Å². The third-order valence-electron chi connectivity index (χ3n) is 6.60. The smallest absolute Gasteiger partial charge is 0.410 e. The van der Waals surface area contributed by atoms with Gasteiger partial charge in [-0.1, -0.05) is 6.07 Å². The highest BCUT2D eigenvalue weighted by Gasteiger charge is 2.29. The van der Waals surface area contributed by atoms with Crippen LogP contribution in [0.1, 0.15) is 59.1 Å². The number of hydrogen-bond acceptors (Lipinski definition) is 6. The number of rotatable bonds is 3. The maximum atomic E-state index is 12.8. The number of aromatic nitrogens is 3. The first-order chi connectivity index (χ1) is 17.1. The van der Waals surface area contributed by atoms with Crippen molar-refractivity contribution in [3.63, 3.8) is 0 Å². The summed E-state index contributed by atoms with van der Waals surface area (Å²) in [6.07, 6.45) is 5.35. The number of carbonyl (C=O) groups excluding carboxylic acids is 1. The molecule has 36 heavy (non-hydrogen) atoms. The summed E-state index contributed by atoms with van der Waals surface area (Å²) in [7, 11) is 0. The number of hydrogen-bond donors (Lipinski definition) is 3. The van der Waals surface area contributed by atoms with E-state index in [1.165, 1.54) is 5.57 Å². The van der Waals surface area contributed by atoms with Crippen LogP contribution in [0.5, 0.6) is 0 Å². The first-order valence-corrected chi connectivity index (χ1v) is 12.5. The average molecular weight is 491 g/mol. The highest BCUT2D eigenvalue weighted by Crippen LogP contribution is 2.32. The number of ether oxygens (including phenoxy) is 1. The first-order valence-electron chi connectivity index (χ1n) is 12.5. The van der Waals surface area contributed by atoms with Crippen molar-refractivity contribution in [2.24, 2.45) is 0 Å². The fourth-order valence-corrected chi connectivity index (χ4v) is 5.11. The van der Waals surface area contributed by atoms with Gasteiger partial charge in [0.15, 0.2) is 0 Å². The molecule has 0 saturated carbocycles. The minimum absolute atomic E-state index is 0.0670. The number of anilines is 1. The number of fused-ring (bicyclic) bond motifs is 3. The molecule has 2 aromatic heterocycles. The summed E-state index contributed by atoms with van der Waals surface area (Å²) in [6.45, 7) is 10.9. The third-order valence-corrected chi connectivity index (χ3v) is 6.60. The number of H-pyrrole nitrogens is 1. The normalized spacial score (nSPS) is 19.1. The van der Waals surface area contributed by atoms with Gasteiger partial charge in [-0.2, -0.15) is 5.10 Å². The highest BCUT2D eigenvalue weighted by atomic mass is 16.6. The van der Waals surface area contributed by atoms with Gasteiger partial charge in [-0.25, -0.2) is 9.31 Å². The molecule has 190 valence electrons. The van der Waals surface area contributed by atoms with Gasteiger partial charge < -0.3 is 25.3 Å². The molecule has 1 unspecified atom stereocenters. The number of piperidine rings is 1. The number of nitrogens with one attached hydrogen (secondary N) is 3. The number of carbonyl (C=O) groups is 1. The Kier molecular flexibility index (Phi) is 6.02. The van der Waals surface area contributed by atoms with E-state index >= 15 is 0 Å². The lowest BCUT2D eigenvalue weighted by Gasteiger charge is -2.33. The van der Waals surface area contributed by atoms with Crippen molar-refractivity contribution in [1.29, 1.82) is 0 Å². The molecule has 2 aliphatic rings. The fraction of sp³-hybridized carbons (Fsp3) is 0.444. The Labute approximate surface area is 210 Å². The third kappa shape index (κ3) is 4.82. The van der Waals surface area contributed by atoms with E-state index in [4.69, 9.17) is 9.84 Å². The number of aromatic amines is 1. The van der Waals surface area contributed by atoms with Gasteiger partial charge in [0.05, 0.1) is 16.6 Å². The molecule has 9 nitrogen and oxygen atoms in total. The van der Waals surface area contributed by atoms with Gasteiger partial charge in [-0.3, -0.25) is 4.79 Å². The van der Waals surface area contributed by atoms with Gasteiger partial charge >= 0.3 is 6.09 Å². The molecule has 5 rings (SSSR count). The average Bonchev–Trinajstić information content (AvgIpc) is 3.16. The number of dihydropyridines is 1. The quantitative estimate of drug-likeness (QED) is 0.500. The van der Waals surface area contributed by atoms with Crippen LogP contribution in [-0.4, -0.2) is 50.4 Å². The maximum absolute atomic E-state index is 12.8. The Balaban J connectivity index is 1.45. The van der Waals surface area contributed by atoms with Crippen molar-refractivity contribution >= 4 is 28.3 Å². The van der Waals surface area contributed by atoms with Crippen LogP contribution in [0.15, 0.2) is 52.5 Å². The van der Waals surface area contributed by atoms with E-state index in [-0.39, 0.29) is 23.7 Å². The molecular weight excluding hydrogens is 456 g/mol. The summed E-state index contributed by atoms with van der Waals surface area (Å²) in [5, 5.41) is 12.7. The molecule has 1 atom stereocenters. The Hall–Kier alpha value is -3.75. The Morgan fingerprint density at radius 3 is 2.64 bits per heavy atom. The lowest BCUT2D eigenvalue weighted by Crippen LogP contribution is -2.41. The number of nitrogens with zero attached hydrogens (tertiary/aromatic N) is 3. The Morgan fingerprint density at radius 2 is 1.94 bits per heavy atom. The zero-order chi connectivity index (χ0) is 25.6. The number of benzene rings is 1. The lowest BCUT2D eigenvalue weighted by atomic mass is 9.93.